The fourth-order valence-electron chi connectivity index (χ4n) is 1.20. The van der Waals surface area contributed by atoms with E-state index in [1.165, 1.54) is 9.13 Å². The highest BCUT2D eigenvalue weighted by molar-refractivity contribution is 14.1. The molecule has 63 valence electrons. The van der Waals surface area contributed by atoms with Gasteiger partial charge in [0.15, 0.2) is 0 Å². The largest absolute Gasteiger partial charge is 0.0622 e. The van der Waals surface area contributed by atoms with Crippen molar-refractivity contribution in [2.24, 2.45) is 0 Å². The van der Waals surface area contributed by atoms with E-state index < -0.39 is 0 Å². The second-order valence-electron chi connectivity index (χ2n) is 2.79. The molecular formula is C12H8I. The molecule has 0 atom stereocenters. The smallest absolute Gasteiger partial charge is 0.0136 e. The summed E-state index contributed by atoms with van der Waals surface area (Å²) in [5.74, 6) is 0. The van der Waals surface area contributed by atoms with Crippen LogP contribution in [0.1, 0.15) is 0 Å². The summed E-state index contributed by atoms with van der Waals surface area (Å²) < 4.78 is 1.22. The van der Waals surface area contributed by atoms with E-state index in [0.29, 0.717) is 0 Å². The minimum atomic E-state index is 1.15. The average molecular weight is 279 g/mol. The summed E-state index contributed by atoms with van der Waals surface area (Å²) in [5.41, 5.74) is 2.37. The van der Waals surface area contributed by atoms with Gasteiger partial charge in [0.1, 0.15) is 0 Å². The molecule has 2 aromatic carbocycles. The quantitative estimate of drug-likeness (QED) is 0.697. The van der Waals surface area contributed by atoms with E-state index in [0.717, 1.165) is 5.56 Å². The third kappa shape index (κ3) is 2.10. The molecule has 0 spiro atoms. The molecule has 2 aromatic rings. The molecular weight excluding hydrogens is 271 g/mol. The standard InChI is InChI=1S/C12H8I/c13-12-8-6-11(7-9-12)10-4-2-1-3-5-10/h1-6,8-9H. The van der Waals surface area contributed by atoms with Gasteiger partial charge in [0.2, 0.25) is 0 Å². The average Bonchev–Trinajstić information content (AvgIpc) is 2.20. The van der Waals surface area contributed by atoms with Gasteiger partial charge in [0.05, 0.1) is 0 Å². The predicted molar refractivity (Wildman–Crippen MR) is 63.4 cm³/mol. The molecule has 0 saturated carbocycles. The van der Waals surface area contributed by atoms with Crippen molar-refractivity contribution in [2.45, 2.75) is 0 Å². The van der Waals surface area contributed by atoms with Crippen LogP contribution in [0.3, 0.4) is 0 Å². The van der Waals surface area contributed by atoms with E-state index in [1.807, 2.05) is 24.3 Å². The van der Waals surface area contributed by atoms with Crippen LogP contribution in [-0.2, 0) is 0 Å². The molecule has 0 aliphatic rings. The third-order valence-electron chi connectivity index (χ3n) is 1.86. The molecule has 0 saturated heterocycles. The minimum Gasteiger partial charge on any atom is -0.0622 e. The zero-order chi connectivity index (χ0) is 9.10. The molecule has 2 rings (SSSR count). The van der Waals surface area contributed by atoms with E-state index >= 15 is 0 Å². The SMILES string of the molecule is Ic1c[c]c(-c2ccccc2)cc1. The van der Waals surface area contributed by atoms with Gasteiger partial charge in [0.25, 0.3) is 0 Å². The van der Waals surface area contributed by atoms with E-state index in [-0.39, 0.29) is 0 Å². The van der Waals surface area contributed by atoms with Crippen LogP contribution in [0.4, 0.5) is 0 Å². The molecule has 0 aromatic heterocycles. The van der Waals surface area contributed by atoms with Gasteiger partial charge >= 0.3 is 0 Å². The Bertz CT molecular complexity index is 376. The third-order valence-corrected chi connectivity index (χ3v) is 2.53. The molecule has 0 nitrogen and oxygen atoms in total. The van der Waals surface area contributed by atoms with Crippen molar-refractivity contribution in [3.05, 3.63) is 58.2 Å². The number of rotatable bonds is 1. The van der Waals surface area contributed by atoms with E-state index in [4.69, 9.17) is 0 Å². The Hall–Kier alpha value is -0.830. The molecule has 0 N–H and O–H groups in total. The van der Waals surface area contributed by atoms with Crippen LogP contribution in [0.5, 0.6) is 0 Å². The minimum absolute atomic E-state index is 1.15. The van der Waals surface area contributed by atoms with Gasteiger partial charge in [-0.25, -0.2) is 0 Å². The molecule has 0 fully saturated rings. The second kappa shape index (κ2) is 3.92. The summed E-state index contributed by atoms with van der Waals surface area (Å²) in [7, 11) is 0. The van der Waals surface area contributed by atoms with Gasteiger partial charge in [-0.15, -0.1) is 0 Å². The highest BCUT2D eigenvalue weighted by Gasteiger charge is 1.94. The number of hydrogen-bond acceptors (Lipinski definition) is 0. The summed E-state index contributed by atoms with van der Waals surface area (Å²) in [6.07, 6.45) is 0. The zero-order valence-corrected chi connectivity index (χ0v) is 9.15. The summed E-state index contributed by atoms with van der Waals surface area (Å²) in [6, 6.07) is 19.7. The lowest BCUT2D eigenvalue weighted by Gasteiger charge is -1.99. The van der Waals surface area contributed by atoms with Crippen LogP contribution in [0.2, 0.25) is 0 Å². The fourth-order valence-corrected chi connectivity index (χ4v) is 1.54. The van der Waals surface area contributed by atoms with Crippen LogP contribution < -0.4 is 0 Å². The summed E-state index contributed by atoms with van der Waals surface area (Å²) >= 11 is 2.28. The number of benzene rings is 2. The van der Waals surface area contributed by atoms with Crippen molar-refractivity contribution in [3.8, 4) is 11.1 Å². The van der Waals surface area contributed by atoms with E-state index in [1.54, 1.807) is 0 Å². The van der Waals surface area contributed by atoms with Crippen molar-refractivity contribution in [3.63, 3.8) is 0 Å². The highest BCUT2D eigenvalue weighted by atomic mass is 127. The summed E-state index contributed by atoms with van der Waals surface area (Å²) in [4.78, 5) is 0. The number of halogens is 1. The normalized spacial score (nSPS) is 9.92. The second-order valence-corrected chi connectivity index (χ2v) is 4.03. The number of hydrogen-bond donors (Lipinski definition) is 0. The first-order chi connectivity index (χ1) is 6.36. The maximum atomic E-state index is 3.25. The first-order valence-electron chi connectivity index (χ1n) is 4.09. The fraction of sp³-hybridized carbons (Fsp3) is 0. The Balaban J connectivity index is 2.42. The topological polar surface area (TPSA) is 0 Å². The lowest BCUT2D eigenvalue weighted by atomic mass is 10.1. The van der Waals surface area contributed by atoms with Crippen molar-refractivity contribution in [1.82, 2.24) is 0 Å². The molecule has 0 amide bonds. The molecule has 0 aliphatic carbocycles. The Morgan fingerprint density at radius 3 is 2.31 bits per heavy atom. The Labute approximate surface area is 91.8 Å². The van der Waals surface area contributed by atoms with Gasteiger partial charge in [-0.05, 0) is 51.9 Å². The van der Waals surface area contributed by atoms with Crippen LogP contribution >= 0.6 is 22.6 Å². The van der Waals surface area contributed by atoms with E-state index in [9.17, 15) is 0 Å². The lowest BCUT2D eigenvalue weighted by Crippen LogP contribution is -1.77. The summed E-state index contributed by atoms with van der Waals surface area (Å²) in [5, 5.41) is 0. The van der Waals surface area contributed by atoms with Crippen molar-refractivity contribution >= 4 is 22.6 Å². The van der Waals surface area contributed by atoms with E-state index in [2.05, 4.69) is 52.9 Å². The Kier molecular flexibility index (Phi) is 2.64. The first-order valence-corrected chi connectivity index (χ1v) is 5.17. The van der Waals surface area contributed by atoms with Gasteiger partial charge in [-0.2, -0.15) is 0 Å². The molecule has 0 bridgehead atoms. The van der Waals surface area contributed by atoms with Gasteiger partial charge in [-0.1, -0.05) is 36.4 Å². The maximum Gasteiger partial charge on any atom is 0.0136 e. The molecule has 0 aliphatic heterocycles. The van der Waals surface area contributed by atoms with Gasteiger partial charge in [-0.3, -0.25) is 0 Å². The molecule has 0 unspecified atom stereocenters. The highest BCUT2D eigenvalue weighted by Crippen LogP contribution is 2.18. The van der Waals surface area contributed by atoms with Crippen LogP contribution in [-0.4, -0.2) is 0 Å². The van der Waals surface area contributed by atoms with Crippen LogP contribution in [0.25, 0.3) is 11.1 Å². The zero-order valence-electron chi connectivity index (χ0n) is 7.00. The van der Waals surface area contributed by atoms with Crippen molar-refractivity contribution < 1.29 is 0 Å². The lowest BCUT2D eigenvalue weighted by molar-refractivity contribution is 1.58. The summed E-state index contributed by atoms with van der Waals surface area (Å²) in [6.45, 7) is 0. The van der Waals surface area contributed by atoms with Crippen LogP contribution in [0.15, 0.2) is 48.5 Å². The molecule has 13 heavy (non-hydrogen) atoms. The van der Waals surface area contributed by atoms with Crippen LogP contribution in [0, 0.1) is 9.64 Å². The van der Waals surface area contributed by atoms with Crippen molar-refractivity contribution in [1.29, 1.82) is 0 Å². The first kappa shape index (κ1) is 8.75. The maximum absolute atomic E-state index is 3.25. The van der Waals surface area contributed by atoms with Gasteiger partial charge in [0, 0.05) is 3.57 Å². The predicted octanol–water partition coefficient (Wildman–Crippen LogP) is 3.76. The molecule has 0 heterocycles. The van der Waals surface area contributed by atoms with Gasteiger partial charge < -0.3 is 0 Å². The van der Waals surface area contributed by atoms with Crippen molar-refractivity contribution in [2.75, 3.05) is 0 Å². The monoisotopic (exact) mass is 279 g/mol. The Morgan fingerprint density at radius 1 is 0.923 bits per heavy atom. The molecule has 1 radical (unpaired) electrons. The Morgan fingerprint density at radius 2 is 1.69 bits per heavy atom. The molecule has 1 heteroatoms.